The molecule has 2 atom stereocenters. The molecule has 88 valence electrons. The lowest BCUT2D eigenvalue weighted by atomic mass is 9.60. The molecule has 1 rings (SSSR count). The van der Waals surface area contributed by atoms with Crippen LogP contribution in [0.15, 0.2) is 0 Å². The van der Waals surface area contributed by atoms with Gasteiger partial charge in [0, 0.05) is 5.92 Å². The Morgan fingerprint density at radius 2 is 2.00 bits per heavy atom. The van der Waals surface area contributed by atoms with Crippen molar-refractivity contribution in [1.29, 1.82) is 0 Å². The van der Waals surface area contributed by atoms with E-state index in [1.165, 1.54) is 0 Å². The number of carbonyl (C=O) groups is 1. The highest BCUT2D eigenvalue weighted by atomic mass is 16.3. The number of primary amides is 1. The van der Waals surface area contributed by atoms with E-state index in [2.05, 4.69) is 0 Å². The highest BCUT2D eigenvalue weighted by Crippen LogP contribution is 2.47. The molecule has 1 saturated carbocycles. The van der Waals surface area contributed by atoms with E-state index in [1.807, 2.05) is 27.7 Å². The highest BCUT2D eigenvalue weighted by Gasteiger charge is 2.47. The summed E-state index contributed by atoms with van der Waals surface area (Å²) < 4.78 is 0. The molecule has 0 saturated heterocycles. The first-order chi connectivity index (χ1) is 6.69. The molecular weight excluding hydrogens is 190 g/mol. The first-order valence-corrected chi connectivity index (χ1v) is 5.71. The topological polar surface area (TPSA) is 63.3 Å². The van der Waals surface area contributed by atoms with Gasteiger partial charge < -0.3 is 10.8 Å². The van der Waals surface area contributed by atoms with Gasteiger partial charge in [-0.3, -0.25) is 4.79 Å². The Balaban J connectivity index is 2.85. The Bertz CT molecular complexity index is 260. The minimum absolute atomic E-state index is 0.100. The van der Waals surface area contributed by atoms with Crippen molar-refractivity contribution in [3.8, 4) is 0 Å². The van der Waals surface area contributed by atoms with Crippen LogP contribution in [0.2, 0.25) is 0 Å². The highest BCUT2D eigenvalue weighted by molar-refractivity contribution is 5.77. The maximum absolute atomic E-state index is 11.3. The third-order valence-electron chi connectivity index (χ3n) is 3.99. The van der Waals surface area contributed by atoms with Crippen LogP contribution < -0.4 is 5.73 Å². The lowest BCUT2D eigenvalue weighted by Gasteiger charge is -2.47. The van der Waals surface area contributed by atoms with Crippen molar-refractivity contribution in [2.24, 2.45) is 23.0 Å². The van der Waals surface area contributed by atoms with Crippen molar-refractivity contribution in [3.63, 3.8) is 0 Å². The molecule has 0 bridgehead atoms. The number of carbonyl (C=O) groups excluding carboxylic acids is 1. The average molecular weight is 213 g/mol. The summed E-state index contributed by atoms with van der Waals surface area (Å²) in [6, 6.07) is 0. The van der Waals surface area contributed by atoms with Gasteiger partial charge in [0.25, 0.3) is 0 Å². The van der Waals surface area contributed by atoms with Crippen LogP contribution in [0.4, 0.5) is 0 Å². The van der Waals surface area contributed by atoms with E-state index >= 15 is 0 Å². The smallest absolute Gasteiger partial charge is 0.221 e. The summed E-state index contributed by atoms with van der Waals surface area (Å²) in [6.45, 7) is 8.10. The van der Waals surface area contributed by atoms with Crippen LogP contribution in [0.1, 0.15) is 47.0 Å². The van der Waals surface area contributed by atoms with Crippen molar-refractivity contribution >= 4 is 5.91 Å². The quantitative estimate of drug-likeness (QED) is 0.733. The van der Waals surface area contributed by atoms with Gasteiger partial charge >= 0.3 is 0 Å². The van der Waals surface area contributed by atoms with Gasteiger partial charge in [-0.05, 0) is 30.6 Å². The van der Waals surface area contributed by atoms with Crippen molar-refractivity contribution < 1.29 is 9.90 Å². The zero-order valence-corrected chi connectivity index (χ0v) is 10.2. The van der Waals surface area contributed by atoms with Gasteiger partial charge in [-0.1, -0.05) is 27.7 Å². The first kappa shape index (κ1) is 12.5. The molecule has 0 aromatic heterocycles. The summed E-state index contributed by atoms with van der Waals surface area (Å²) in [7, 11) is 0. The minimum atomic E-state index is -0.630. The maximum atomic E-state index is 11.3. The number of hydrogen-bond donors (Lipinski definition) is 2. The lowest BCUT2D eigenvalue weighted by molar-refractivity contribution is -0.137. The van der Waals surface area contributed by atoms with E-state index in [-0.39, 0.29) is 23.2 Å². The molecule has 0 aromatic rings. The van der Waals surface area contributed by atoms with Crippen molar-refractivity contribution in [1.82, 2.24) is 0 Å². The Hall–Kier alpha value is -0.570. The lowest BCUT2D eigenvalue weighted by Crippen LogP contribution is -2.50. The second-order valence-electron chi connectivity index (χ2n) is 5.92. The van der Waals surface area contributed by atoms with Crippen molar-refractivity contribution in [2.75, 3.05) is 0 Å². The number of rotatable bonds is 2. The van der Waals surface area contributed by atoms with Gasteiger partial charge in [0.15, 0.2) is 0 Å². The number of hydrogen-bond acceptors (Lipinski definition) is 2. The molecule has 3 heteroatoms. The van der Waals surface area contributed by atoms with E-state index in [4.69, 9.17) is 5.73 Å². The van der Waals surface area contributed by atoms with E-state index in [1.54, 1.807) is 0 Å². The van der Waals surface area contributed by atoms with Crippen molar-refractivity contribution in [2.45, 2.75) is 52.6 Å². The fourth-order valence-corrected chi connectivity index (χ4v) is 2.81. The predicted octanol–water partition coefficient (Wildman–Crippen LogP) is 1.69. The molecule has 3 nitrogen and oxygen atoms in total. The summed E-state index contributed by atoms with van der Waals surface area (Å²) in [5.41, 5.74) is 4.57. The molecule has 1 aliphatic carbocycles. The first-order valence-electron chi connectivity index (χ1n) is 5.71. The average Bonchev–Trinajstić information content (AvgIpc) is 2.00. The summed E-state index contributed by atoms with van der Waals surface area (Å²) in [5.74, 6) is -0.104. The minimum Gasteiger partial charge on any atom is -0.390 e. The van der Waals surface area contributed by atoms with Crippen LogP contribution in [0.25, 0.3) is 0 Å². The molecular formula is C12H23NO2. The van der Waals surface area contributed by atoms with Gasteiger partial charge in [0.2, 0.25) is 5.91 Å². The summed E-state index contributed by atoms with van der Waals surface area (Å²) in [6.07, 6.45) is 2.05. The van der Waals surface area contributed by atoms with Crippen LogP contribution in [-0.4, -0.2) is 16.6 Å². The molecule has 0 heterocycles. The molecule has 1 fully saturated rings. The summed E-state index contributed by atoms with van der Waals surface area (Å²) >= 11 is 0. The third-order valence-corrected chi connectivity index (χ3v) is 3.99. The molecule has 0 spiro atoms. The molecule has 15 heavy (non-hydrogen) atoms. The normalized spacial score (nSPS) is 35.5. The molecule has 0 radical (unpaired) electrons. The Morgan fingerprint density at radius 3 is 2.33 bits per heavy atom. The van der Waals surface area contributed by atoms with E-state index < -0.39 is 5.60 Å². The Morgan fingerprint density at radius 1 is 1.47 bits per heavy atom. The van der Waals surface area contributed by atoms with Gasteiger partial charge in [-0.15, -0.1) is 0 Å². The number of nitrogens with two attached hydrogens (primary N) is 1. The molecule has 0 unspecified atom stereocenters. The van der Waals surface area contributed by atoms with Gasteiger partial charge in [-0.25, -0.2) is 0 Å². The predicted molar refractivity (Wildman–Crippen MR) is 60.1 cm³/mol. The Labute approximate surface area is 92.0 Å². The maximum Gasteiger partial charge on any atom is 0.221 e. The fourth-order valence-electron chi connectivity index (χ4n) is 2.81. The van der Waals surface area contributed by atoms with Crippen LogP contribution in [-0.2, 0) is 4.79 Å². The third kappa shape index (κ3) is 2.33. The zero-order chi connectivity index (χ0) is 11.9. The molecule has 0 aromatic carbocycles. The standard InChI is InChI=1S/C12H23NO2/c1-8(2)12(15)6-5-9(10(13)14)11(3,4)7-12/h8-9,15H,5-7H2,1-4H3,(H2,13,14)/t9-,12-/m1/s1. The van der Waals surface area contributed by atoms with E-state index in [0.29, 0.717) is 19.3 Å². The second-order valence-corrected chi connectivity index (χ2v) is 5.92. The van der Waals surface area contributed by atoms with Gasteiger partial charge in [0.05, 0.1) is 5.60 Å². The van der Waals surface area contributed by atoms with Crippen molar-refractivity contribution in [3.05, 3.63) is 0 Å². The number of amides is 1. The van der Waals surface area contributed by atoms with Gasteiger partial charge in [0.1, 0.15) is 0 Å². The number of aliphatic hydroxyl groups is 1. The van der Waals surface area contributed by atoms with E-state index in [9.17, 15) is 9.90 Å². The summed E-state index contributed by atoms with van der Waals surface area (Å²) in [4.78, 5) is 11.3. The zero-order valence-electron chi connectivity index (χ0n) is 10.2. The molecule has 0 aliphatic heterocycles. The van der Waals surface area contributed by atoms with Crippen LogP contribution in [0.5, 0.6) is 0 Å². The Kier molecular flexibility index (Phi) is 3.15. The summed E-state index contributed by atoms with van der Waals surface area (Å²) in [5, 5.41) is 10.4. The van der Waals surface area contributed by atoms with Crippen LogP contribution >= 0.6 is 0 Å². The monoisotopic (exact) mass is 213 g/mol. The van der Waals surface area contributed by atoms with Gasteiger partial charge in [-0.2, -0.15) is 0 Å². The largest absolute Gasteiger partial charge is 0.390 e. The molecule has 1 amide bonds. The molecule has 1 aliphatic rings. The van der Waals surface area contributed by atoms with Crippen LogP contribution in [0, 0.1) is 17.3 Å². The fraction of sp³-hybridized carbons (Fsp3) is 0.917. The van der Waals surface area contributed by atoms with E-state index in [0.717, 1.165) is 0 Å². The second kappa shape index (κ2) is 3.78. The SMILES string of the molecule is CC(C)[C@@]1(O)CC[C@H](C(N)=O)C(C)(C)C1. The molecule has 3 N–H and O–H groups in total. The van der Waals surface area contributed by atoms with Crippen LogP contribution in [0.3, 0.4) is 0 Å².